The third-order valence-corrected chi connectivity index (χ3v) is 4.30. The zero-order valence-electron chi connectivity index (χ0n) is 11.5. The SMILES string of the molecule is Cc1csc2nc(COc3ccc(C#N)cc3Cl)cc(=O)n12. The van der Waals surface area contributed by atoms with Crippen molar-refractivity contribution in [3.05, 3.63) is 62.0 Å². The fraction of sp³-hybridized carbons (Fsp3) is 0.133. The molecule has 3 rings (SSSR count). The third-order valence-electron chi connectivity index (χ3n) is 3.07. The molecule has 0 atom stereocenters. The van der Waals surface area contributed by atoms with Crippen molar-refractivity contribution in [2.24, 2.45) is 0 Å². The minimum absolute atomic E-state index is 0.131. The van der Waals surface area contributed by atoms with Crippen LogP contribution in [-0.2, 0) is 6.61 Å². The van der Waals surface area contributed by atoms with Crippen LogP contribution in [0.2, 0.25) is 5.02 Å². The second-order valence-corrected chi connectivity index (χ2v) is 5.87. The van der Waals surface area contributed by atoms with E-state index in [1.54, 1.807) is 16.5 Å². The molecule has 0 saturated heterocycles. The van der Waals surface area contributed by atoms with Gasteiger partial charge in [0.2, 0.25) is 0 Å². The first kappa shape index (κ1) is 14.6. The molecule has 0 unspecified atom stereocenters. The lowest BCUT2D eigenvalue weighted by molar-refractivity contribution is 0.301. The van der Waals surface area contributed by atoms with E-state index >= 15 is 0 Å². The summed E-state index contributed by atoms with van der Waals surface area (Å²) in [6, 6.07) is 8.23. The third kappa shape index (κ3) is 2.69. The Hall–Kier alpha value is -2.36. The van der Waals surface area contributed by atoms with Crippen LogP contribution in [-0.4, -0.2) is 9.38 Å². The quantitative estimate of drug-likeness (QED) is 0.739. The van der Waals surface area contributed by atoms with Gasteiger partial charge in [-0.2, -0.15) is 5.26 Å². The first-order valence-corrected chi connectivity index (χ1v) is 7.63. The monoisotopic (exact) mass is 331 g/mol. The Balaban J connectivity index is 1.85. The van der Waals surface area contributed by atoms with Gasteiger partial charge >= 0.3 is 0 Å². The summed E-state index contributed by atoms with van der Waals surface area (Å²) in [5, 5.41) is 11.0. The van der Waals surface area contributed by atoms with Gasteiger partial charge in [-0.1, -0.05) is 11.6 Å². The van der Waals surface area contributed by atoms with Crippen LogP contribution in [0.25, 0.3) is 4.96 Å². The molecule has 5 nitrogen and oxygen atoms in total. The topological polar surface area (TPSA) is 67.4 Å². The fourth-order valence-electron chi connectivity index (χ4n) is 2.01. The molecular weight excluding hydrogens is 322 g/mol. The van der Waals surface area contributed by atoms with E-state index in [1.807, 2.05) is 18.4 Å². The molecule has 0 aliphatic carbocycles. The lowest BCUT2D eigenvalue weighted by atomic mass is 10.2. The van der Waals surface area contributed by atoms with Crippen LogP contribution < -0.4 is 10.3 Å². The van der Waals surface area contributed by atoms with Crippen molar-refractivity contribution in [3.8, 4) is 11.8 Å². The molecule has 2 heterocycles. The molecule has 2 aromatic heterocycles. The summed E-state index contributed by atoms with van der Waals surface area (Å²) < 4.78 is 7.14. The van der Waals surface area contributed by atoms with E-state index in [0.29, 0.717) is 27.0 Å². The Morgan fingerprint density at radius 2 is 2.27 bits per heavy atom. The van der Waals surface area contributed by atoms with Gasteiger partial charge in [-0.25, -0.2) is 4.98 Å². The number of hydrogen-bond donors (Lipinski definition) is 0. The second kappa shape index (κ2) is 5.79. The Labute approximate surface area is 135 Å². The molecule has 0 saturated carbocycles. The average Bonchev–Trinajstić information content (AvgIpc) is 2.87. The Kier molecular flexibility index (Phi) is 3.84. The van der Waals surface area contributed by atoms with Gasteiger partial charge in [-0.05, 0) is 25.1 Å². The van der Waals surface area contributed by atoms with Gasteiger partial charge in [0, 0.05) is 17.1 Å². The first-order chi connectivity index (χ1) is 10.6. The highest BCUT2D eigenvalue weighted by atomic mass is 35.5. The van der Waals surface area contributed by atoms with Crippen molar-refractivity contribution in [1.82, 2.24) is 9.38 Å². The van der Waals surface area contributed by atoms with Crippen molar-refractivity contribution in [2.75, 3.05) is 0 Å². The maximum Gasteiger partial charge on any atom is 0.259 e. The van der Waals surface area contributed by atoms with E-state index in [-0.39, 0.29) is 12.2 Å². The number of halogens is 1. The summed E-state index contributed by atoms with van der Waals surface area (Å²) in [7, 11) is 0. The standard InChI is InChI=1S/C15H10ClN3O2S/c1-9-8-22-15-18-11(5-14(20)19(9)15)7-21-13-3-2-10(6-17)4-12(13)16/h2-5,8H,7H2,1H3. The predicted octanol–water partition coefficient (Wildman–Crippen LogP) is 3.17. The molecule has 0 radical (unpaired) electrons. The molecule has 0 bridgehead atoms. The number of aryl methyl sites for hydroxylation is 1. The highest BCUT2D eigenvalue weighted by molar-refractivity contribution is 7.15. The van der Waals surface area contributed by atoms with E-state index in [2.05, 4.69) is 4.98 Å². The molecule has 7 heteroatoms. The molecule has 0 spiro atoms. The largest absolute Gasteiger partial charge is 0.486 e. The molecule has 0 amide bonds. The number of rotatable bonds is 3. The van der Waals surface area contributed by atoms with E-state index in [4.69, 9.17) is 21.6 Å². The van der Waals surface area contributed by atoms with Crippen LogP contribution in [0.15, 0.2) is 34.4 Å². The van der Waals surface area contributed by atoms with Crippen molar-refractivity contribution >= 4 is 27.9 Å². The molecular formula is C15H10ClN3O2S. The summed E-state index contributed by atoms with van der Waals surface area (Å²) in [6.45, 7) is 1.99. The van der Waals surface area contributed by atoms with Crippen LogP contribution in [0, 0.1) is 18.3 Å². The van der Waals surface area contributed by atoms with E-state index in [1.165, 1.54) is 23.5 Å². The van der Waals surface area contributed by atoms with Crippen molar-refractivity contribution in [2.45, 2.75) is 13.5 Å². The number of aromatic nitrogens is 2. The molecule has 22 heavy (non-hydrogen) atoms. The first-order valence-electron chi connectivity index (χ1n) is 6.37. The van der Waals surface area contributed by atoms with Crippen LogP contribution in [0.3, 0.4) is 0 Å². The number of benzene rings is 1. The normalized spacial score (nSPS) is 10.6. The summed E-state index contributed by atoms with van der Waals surface area (Å²) in [5.41, 5.74) is 1.73. The Bertz CT molecular complexity index is 956. The summed E-state index contributed by atoms with van der Waals surface area (Å²) in [6.07, 6.45) is 0. The van der Waals surface area contributed by atoms with E-state index < -0.39 is 0 Å². The van der Waals surface area contributed by atoms with Crippen LogP contribution >= 0.6 is 22.9 Å². The van der Waals surface area contributed by atoms with Gasteiger partial charge in [0.15, 0.2) is 4.96 Å². The lowest BCUT2D eigenvalue weighted by Crippen LogP contribution is -2.16. The molecule has 0 aliphatic heterocycles. The number of thiazole rings is 1. The fourth-order valence-corrected chi connectivity index (χ4v) is 3.14. The number of nitriles is 1. The number of nitrogens with zero attached hydrogens (tertiary/aromatic N) is 3. The Morgan fingerprint density at radius 3 is 3.00 bits per heavy atom. The summed E-state index contributed by atoms with van der Waals surface area (Å²) in [4.78, 5) is 17.1. The highest BCUT2D eigenvalue weighted by Gasteiger charge is 2.08. The van der Waals surface area contributed by atoms with Crippen LogP contribution in [0.1, 0.15) is 17.0 Å². The maximum absolute atomic E-state index is 12.1. The summed E-state index contributed by atoms with van der Waals surface area (Å²) >= 11 is 7.45. The van der Waals surface area contributed by atoms with Crippen LogP contribution in [0.5, 0.6) is 5.75 Å². The highest BCUT2D eigenvalue weighted by Crippen LogP contribution is 2.26. The van der Waals surface area contributed by atoms with Crippen LogP contribution in [0.4, 0.5) is 0 Å². The number of hydrogen-bond acceptors (Lipinski definition) is 5. The van der Waals surface area contributed by atoms with Crippen molar-refractivity contribution in [1.29, 1.82) is 5.26 Å². The average molecular weight is 332 g/mol. The number of ether oxygens (including phenoxy) is 1. The van der Waals surface area contributed by atoms with Gasteiger partial charge in [-0.15, -0.1) is 11.3 Å². The Morgan fingerprint density at radius 1 is 1.45 bits per heavy atom. The maximum atomic E-state index is 12.1. The van der Waals surface area contributed by atoms with Gasteiger partial charge in [-0.3, -0.25) is 9.20 Å². The molecule has 0 fully saturated rings. The lowest BCUT2D eigenvalue weighted by Gasteiger charge is -2.08. The minimum atomic E-state index is -0.131. The smallest absolute Gasteiger partial charge is 0.259 e. The van der Waals surface area contributed by atoms with E-state index in [0.717, 1.165) is 5.69 Å². The molecule has 1 aromatic carbocycles. The van der Waals surface area contributed by atoms with Crippen molar-refractivity contribution < 1.29 is 4.74 Å². The molecule has 0 N–H and O–H groups in total. The van der Waals surface area contributed by atoms with Gasteiger partial charge in [0.05, 0.1) is 22.3 Å². The van der Waals surface area contributed by atoms with Crippen molar-refractivity contribution in [3.63, 3.8) is 0 Å². The molecule has 110 valence electrons. The molecule has 3 aromatic rings. The summed E-state index contributed by atoms with van der Waals surface area (Å²) in [5.74, 6) is 0.449. The second-order valence-electron chi connectivity index (χ2n) is 4.63. The number of fused-ring (bicyclic) bond motifs is 1. The van der Waals surface area contributed by atoms with Gasteiger partial charge in [0.25, 0.3) is 5.56 Å². The van der Waals surface area contributed by atoms with Gasteiger partial charge < -0.3 is 4.74 Å². The predicted molar refractivity (Wildman–Crippen MR) is 84.6 cm³/mol. The van der Waals surface area contributed by atoms with E-state index in [9.17, 15) is 4.79 Å². The van der Waals surface area contributed by atoms with Gasteiger partial charge in [0.1, 0.15) is 12.4 Å². The zero-order valence-corrected chi connectivity index (χ0v) is 13.1. The zero-order chi connectivity index (χ0) is 15.7. The molecule has 0 aliphatic rings. The minimum Gasteiger partial charge on any atom is -0.486 e.